The van der Waals surface area contributed by atoms with Crippen molar-refractivity contribution in [3.05, 3.63) is 77.5 Å². The third-order valence-electron chi connectivity index (χ3n) is 3.05. The molecule has 0 atom stereocenters. The van der Waals surface area contributed by atoms with Crippen molar-refractivity contribution >= 4 is 9.71 Å². The summed E-state index contributed by atoms with van der Waals surface area (Å²) in [5.41, 5.74) is 6.58. The van der Waals surface area contributed by atoms with Crippen molar-refractivity contribution in [3.63, 3.8) is 0 Å². The van der Waals surface area contributed by atoms with Crippen LogP contribution < -0.4 is 0 Å². The fourth-order valence-electron chi connectivity index (χ4n) is 2.15. The molecule has 0 radical (unpaired) electrons. The molecule has 3 heteroatoms. The number of rotatable bonds is 2. The summed E-state index contributed by atoms with van der Waals surface area (Å²) in [6, 6.07) is 20.7. The van der Waals surface area contributed by atoms with Crippen LogP contribution in [0.5, 0.6) is 0 Å². The molecular formula is C23H28N2Re. The maximum atomic E-state index is 4.99. The van der Waals surface area contributed by atoms with E-state index in [9.17, 15) is 0 Å². The van der Waals surface area contributed by atoms with Crippen molar-refractivity contribution < 1.29 is 15.9 Å². The van der Waals surface area contributed by atoms with Crippen LogP contribution in [0.15, 0.2) is 73.5 Å². The zero-order chi connectivity index (χ0) is 19.2. The number of hydrogen-bond donors (Lipinski definition) is 0. The Bertz CT molecular complexity index is 890. The van der Waals surface area contributed by atoms with Crippen LogP contribution >= 0.6 is 0 Å². The van der Waals surface area contributed by atoms with Crippen LogP contribution in [0.2, 0.25) is 0 Å². The van der Waals surface area contributed by atoms with Gasteiger partial charge in [-0.05, 0) is 0 Å². The van der Waals surface area contributed by atoms with Crippen LogP contribution in [-0.2, 0) is 15.9 Å². The molecule has 0 aliphatic carbocycles. The standard InChI is InChI=1S/C15H10.2C4H9N.Re/c1-2-15(13-9-5-3-6-10-13)14-11-7-4-8-12-14;2*1-4(2,3)5;/h3-12H;2*1-3H3;. The fourth-order valence-corrected chi connectivity index (χ4v) is 6.69. The van der Waals surface area contributed by atoms with Crippen molar-refractivity contribution in [2.75, 3.05) is 0 Å². The van der Waals surface area contributed by atoms with E-state index in [1.54, 1.807) is 0 Å². The van der Waals surface area contributed by atoms with E-state index in [0.29, 0.717) is 0 Å². The van der Waals surface area contributed by atoms with Gasteiger partial charge < -0.3 is 0 Å². The zero-order valence-corrected chi connectivity index (χ0v) is 19.3. The van der Waals surface area contributed by atoms with Gasteiger partial charge in [-0.25, -0.2) is 0 Å². The molecule has 0 saturated heterocycles. The molecule has 2 aromatic carbocycles. The first-order valence-electron chi connectivity index (χ1n) is 8.80. The van der Waals surface area contributed by atoms with Crippen LogP contribution in [0, 0.1) is 0 Å². The van der Waals surface area contributed by atoms with Crippen molar-refractivity contribution in [1.82, 2.24) is 0 Å². The van der Waals surface area contributed by atoms with Gasteiger partial charge in [0.15, 0.2) is 0 Å². The van der Waals surface area contributed by atoms with Crippen molar-refractivity contribution in [3.8, 4) is 0 Å². The van der Waals surface area contributed by atoms with E-state index in [1.165, 1.54) is 0 Å². The second kappa shape index (κ2) is 8.68. The normalized spacial score (nSPS) is 11.2. The van der Waals surface area contributed by atoms with Crippen molar-refractivity contribution in [2.24, 2.45) is 7.14 Å². The number of hydrogen-bond acceptors (Lipinski definition) is 2. The summed E-state index contributed by atoms with van der Waals surface area (Å²) in [7, 11) is 0. The van der Waals surface area contributed by atoms with E-state index in [1.807, 2.05) is 12.1 Å². The molecule has 0 saturated carbocycles. The SMILES string of the molecule is CC(C)(C)[N]=[Re](=[C]=C=C(c1ccccc1)c1ccccc1)=[N]C(C)(C)C. The summed E-state index contributed by atoms with van der Waals surface area (Å²) in [5.74, 6) is 0. The van der Waals surface area contributed by atoms with E-state index < -0.39 is 15.9 Å². The first-order valence-corrected chi connectivity index (χ1v) is 12.6. The van der Waals surface area contributed by atoms with Gasteiger partial charge in [-0.3, -0.25) is 0 Å². The van der Waals surface area contributed by atoms with Crippen molar-refractivity contribution in [2.45, 2.75) is 52.6 Å². The molecule has 0 spiro atoms. The number of benzene rings is 2. The zero-order valence-electron chi connectivity index (χ0n) is 16.5. The monoisotopic (exact) mass is 519 g/mol. The predicted octanol–water partition coefficient (Wildman–Crippen LogP) is 6.26. The van der Waals surface area contributed by atoms with Gasteiger partial charge in [0.2, 0.25) is 0 Å². The second-order valence-electron chi connectivity index (χ2n) is 8.08. The van der Waals surface area contributed by atoms with Crippen LogP contribution in [0.25, 0.3) is 5.57 Å². The molecule has 0 amide bonds. The molecule has 2 nitrogen and oxygen atoms in total. The average molecular weight is 519 g/mol. The van der Waals surface area contributed by atoms with Crippen molar-refractivity contribution in [1.29, 1.82) is 0 Å². The molecule has 0 bridgehead atoms. The van der Waals surface area contributed by atoms with Crippen LogP contribution in [0.4, 0.5) is 0 Å². The summed E-state index contributed by atoms with van der Waals surface area (Å²) < 4.78 is 13.5. The van der Waals surface area contributed by atoms with E-state index in [0.717, 1.165) is 16.7 Å². The Balaban J connectivity index is 2.88. The molecule has 0 aromatic heterocycles. The van der Waals surface area contributed by atoms with E-state index >= 15 is 0 Å². The Morgan fingerprint density at radius 3 is 1.42 bits per heavy atom. The van der Waals surface area contributed by atoms with Crippen LogP contribution in [0.1, 0.15) is 52.7 Å². The van der Waals surface area contributed by atoms with E-state index in [2.05, 4.69) is 99.9 Å². The third-order valence-corrected chi connectivity index (χ3v) is 8.79. The molecule has 0 heterocycles. The van der Waals surface area contributed by atoms with Gasteiger partial charge in [0, 0.05) is 0 Å². The minimum atomic E-state index is -2.44. The number of nitrogens with zero attached hydrogens (tertiary/aromatic N) is 2. The topological polar surface area (TPSA) is 24.7 Å². The molecule has 0 N–H and O–H groups in total. The van der Waals surface area contributed by atoms with Gasteiger partial charge in [-0.2, -0.15) is 0 Å². The van der Waals surface area contributed by atoms with Gasteiger partial charge in [-0.1, -0.05) is 0 Å². The first-order chi connectivity index (χ1) is 12.1. The maximum absolute atomic E-state index is 4.99. The summed E-state index contributed by atoms with van der Waals surface area (Å²) in [6.07, 6.45) is 0. The summed E-state index contributed by atoms with van der Waals surface area (Å²) in [5, 5.41) is 0. The Hall–Kier alpha value is -1.87. The van der Waals surface area contributed by atoms with Gasteiger partial charge in [0.25, 0.3) is 0 Å². The molecule has 2 rings (SSSR count). The van der Waals surface area contributed by atoms with Gasteiger partial charge >= 0.3 is 163 Å². The van der Waals surface area contributed by atoms with Crippen LogP contribution in [-0.4, -0.2) is 15.2 Å². The predicted molar refractivity (Wildman–Crippen MR) is 108 cm³/mol. The Labute approximate surface area is 162 Å². The van der Waals surface area contributed by atoms with E-state index in [-0.39, 0.29) is 11.1 Å². The summed E-state index contributed by atoms with van der Waals surface area (Å²) in [6.45, 7) is 12.8. The van der Waals surface area contributed by atoms with Gasteiger partial charge in [0.1, 0.15) is 0 Å². The molecule has 2 aromatic rings. The quantitative estimate of drug-likeness (QED) is 0.420. The molecular weight excluding hydrogens is 490 g/mol. The molecule has 26 heavy (non-hydrogen) atoms. The minimum absolute atomic E-state index is 0.104. The Morgan fingerprint density at radius 1 is 0.692 bits per heavy atom. The fraction of sp³-hybridized carbons (Fsp3) is 0.348. The van der Waals surface area contributed by atoms with Gasteiger partial charge in [-0.15, -0.1) is 0 Å². The summed E-state index contributed by atoms with van der Waals surface area (Å²) in [4.78, 5) is 0. The first kappa shape index (κ1) is 20.4. The Kier molecular flexibility index (Phi) is 6.82. The Morgan fingerprint density at radius 2 is 1.08 bits per heavy atom. The van der Waals surface area contributed by atoms with Crippen LogP contribution in [0.3, 0.4) is 0 Å². The average Bonchev–Trinajstić information content (AvgIpc) is 2.54. The van der Waals surface area contributed by atoms with Gasteiger partial charge in [0.05, 0.1) is 0 Å². The molecule has 0 unspecified atom stereocenters. The third kappa shape index (κ3) is 7.17. The summed E-state index contributed by atoms with van der Waals surface area (Å²) >= 11 is -2.44. The molecule has 0 fully saturated rings. The molecule has 0 aliphatic rings. The second-order valence-corrected chi connectivity index (χ2v) is 11.7. The van der Waals surface area contributed by atoms with E-state index in [4.69, 9.17) is 7.14 Å². The molecule has 137 valence electrons. The molecule has 0 aliphatic heterocycles.